The van der Waals surface area contributed by atoms with Gasteiger partial charge in [-0.05, 0) is 60.2 Å². The quantitative estimate of drug-likeness (QED) is 0.172. The van der Waals surface area contributed by atoms with Crippen LogP contribution < -0.4 is 9.47 Å². The molecule has 2 aromatic carbocycles. The fraction of sp³-hybridized carbons (Fsp3) is 0.406. The Morgan fingerprint density at radius 3 is 2.48 bits per heavy atom. The summed E-state index contributed by atoms with van der Waals surface area (Å²) in [4.78, 5) is 31.3. The molecular weight excluding hydrogens is 711 g/mol. The van der Waals surface area contributed by atoms with E-state index in [0.717, 1.165) is 12.8 Å². The van der Waals surface area contributed by atoms with Gasteiger partial charge in [0.15, 0.2) is 11.5 Å². The number of alkyl halides is 2. The lowest BCUT2D eigenvalue weighted by Crippen LogP contribution is -2.36. The van der Waals surface area contributed by atoms with Gasteiger partial charge in [-0.25, -0.2) is 8.42 Å². The highest BCUT2D eigenvalue weighted by Gasteiger charge is 2.38. The number of ether oxygens (including phenoxy) is 3. The van der Waals surface area contributed by atoms with Gasteiger partial charge in [-0.15, -0.1) is 11.8 Å². The monoisotopic (exact) mass is 743 g/mol. The van der Waals surface area contributed by atoms with E-state index < -0.39 is 34.1 Å². The Bertz CT molecular complexity index is 1740. The fourth-order valence-corrected chi connectivity index (χ4v) is 8.81. The zero-order valence-corrected chi connectivity index (χ0v) is 29.1. The minimum atomic E-state index is -4.08. The lowest BCUT2D eigenvalue weighted by Gasteiger charge is -2.25. The maximum absolute atomic E-state index is 13.7. The smallest absolute Gasteiger partial charge is 0.387 e. The molecule has 1 amide bonds. The number of nitrogens with zero attached hydrogens (tertiary/aromatic N) is 3. The minimum Gasteiger partial charge on any atom is -0.489 e. The second-order valence-electron chi connectivity index (χ2n) is 11.5. The first-order chi connectivity index (χ1) is 22.8. The molecule has 0 bridgehead atoms. The van der Waals surface area contributed by atoms with Crippen LogP contribution in [0.1, 0.15) is 46.9 Å². The summed E-state index contributed by atoms with van der Waals surface area (Å²) in [7, 11) is -0.946. The van der Waals surface area contributed by atoms with E-state index in [0.29, 0.717) is 29.4 Å². The molecule has 1 unspecified atom stereocenters. The first kappa shape index (κ1) is 36.1. The summed E-state index contributed by atoms with van der Waals surface area (Å²) in [5.41, 5.74) is 1.04. The van der Waals surface area contributed by atoms with E-state index in [-0.39, 0.29) is 57.3 Å². The van der Waals surface area contributed by atoms with E-state index in [1.54, 1.807) is 14.1 Å². The number of carbonyl (C=O) groups excluding carboxylic acids is 2. The third-order valence-corrected chi connectivity index (χ3v) is 11.6. The molecule has 10 nitrogen and oxygen atoms in total. The van der Waals surface area contributed by atoms with Crippen molar-refractivity contribution in [2.75, 3.05) is 33.0 Å². The van der Waals surface area contributed by atoms with Gasteiger partial charge in [0.1, 0.15) is 6.10 Å². The third kappa shape index (κ3) is 8.89. The number of amides is 1. The van der Waals surface area contributed by atoms with Crippen molar-refractivity contribution >= 4 is 56.9 Å². The fourth-order valence-electron chi connectivity index (χ4n) is 5.04. The van der Waals surface area contributed by atoms with E-state index in [4.69, 9.17) is 32.7 Å². The number of benzene rings is 2. The number of halogens is 4. The van der Waals surface area contributed by atoms with Crippen LogP contribution in [0, 0.1) is 5.92 Å². The Kier molecular flexibility index (Phi) is 11.7. The SMILES string of the molecule is CN(C)C(=O)c1cccc(S(=O)(=O)N2CCSC2CC(=O)O[C@@H](Cc2c(Cl)cncc2Cl)c2ccc(OC(F)F)c(OCC3CC3)c2)c1. The number of sulfonamides is 1. The van der Waals surface area contributed by atoms with Crippen LogP contribution in [0.25, 0.3) is 0 Å². The molecule has 1 aromatic heterocycles. The van der Waals surface area contributed by atoms with Crippen LogP contribution in [-0.2, 0) is 26.0 Å². The number of hydrogen-bond acceptors (Lipinski definition) is 9. The molecule has 2 aliphatic rings. The van der Waals surface area contributed by atoms with Gasteiger partial charge in [-0.3, -0.25) is 14.6 Å². The van der Waals surface area contributed by atoms with Gasteiger partial charge in [0.2, 0.25) is 10.0 Å². The van der Waals surface area contributed by atoms with E-state index in [1.165, 1.54) is 75.8 Å². The van der Waals surface area contributed by atoms with Crippen molar-refractivity contribution in [2.24, 2.45) is 5.92 Å². The van der Waals surface area contributed by atoms with E-state index in [2.05, 4.69) is 9.72 Å². The van der Waals surface area contributed by atoms with E-state index in [9.17, 15) is 26.8 Å². The van der Waals surface area contributed by atoms with Gasteiger partial charge in [0, 0.05) is 50.8 Å². The number of esters is 1. The molecule has 48 heavy (non-hydrogen) atoms. The average molecular weight is 745 g/mol. The van der Waals surface area contributed by atoms with Crippen LogP contribution >= 0.6 is 35.0 Å². The highest BCUT2D eigenvalue weighted by Crippen LogP contribution is 2.39. The van der Waals surface area contributed by atoms with Crippen molar-refractivity contribution < 1.29 is 41.0 Å². The first-order valence-corrected chi connectivity index (χ1v) is 18.2. The number of rotatable bonds is 14. The van der Waals surface area contributed by atoms with Crippen molar-refractivity contribution in [3.8, 4) is 11.5 Å². The Morgan fingerprint density at radius 1 is 1.08 bits per heavy atom. The van der Waals surface area contributed by atoms with Crippen LogP contribution in [0.15, 0.2) is 59.8 Å². The third-order valence-electron chi connectivity index (χ3n) is 7.72. The van der Waals surface area contributed by atoms with Crippen LogP contribution in [0.5, 0.6) is 11.5 Å². The molecule has 2 heterocycles. The number of aromatic nitrogens is 1. The molecule has 1 saturated carbocycles. The Hall–Kier alpha value is -3.17. The summed E-state index contributed by atoms with van der Waals surface area (Å²) in [5, 5.41) is -0.335. The zero-order chi connectivity index (χ0) is 34.6. The molecule has 3 aromatic rings. The van der Waals surface area contributed by atoms with Crippen LogP contribution in [0.3, 0.4) is 0 Å². The summed E-state index contributed by atoms with van der Waals surface area (Å²) in [6.07, 6.45) is 3.39. The predicted molar refractivity (Wildman–Crippen MR) is 177 cm³/mol. The Balaban J connectivity index is 1.39. The summed E-state index contributed by atoms with van der Waals surface area (Å²) < 4.78 is 71.5. The molecule has 16 heteroatoms. The van der Waals surface area contributed by atoms with E-state index >= 15 is 0 Å². The zero-order valence-electron chi connectivity index (χ0n) is 26.0. The molecule has 2 fully saturated rings. The van der Waals surface area contributed by atoms with Gasteiger partial charge in [-0.2, -0.15) is 13.1 Å². The van der Waals surface area contributed by atoms with Crippen molar-refractivity contribution in [3.05, 3.63) is 81.6 Å². The van der Waals surface area contributed by atoms with E-state index in [1.807, 2.05) is 0 Å². The molecule has 0 spiro atoms. The molecule has 0 N–H and O–H groups in total. The number of pyridine rings is 1. The minimum absolute atomic E-state index is 0.00440. The summed E-state index contributed by atoms with van der Waals surface area (Å²) in [6.45, 7) is -2.62. The summed E-state index contributed by atoms with van der Waals surface area (Å²) in [6, 6.07) is 10.0. The highest BCUT2D eigenvalue weighted by molar-refractivity contribution is 8.01. The Labute approximate surface area is 291 Å². The topological polar surface area (TPSA) is 115 Å². The number of carbonyl (C=O) groups is 2. The summed E-state index contributed by atoms with van der Waals surface area (Å²) in [5.74, 6) is -0.420. The molecule has 2 atom stereocenters. The molecular formula is C32H33Cl2F2N3O7S2. The summed E-state index contributed by atoms with van der Waals surface area (Å²) >= 11 is 14.1. The van der Waals surface area contributed by atoms with Crippen molar-refractivity contribution in [2.45, 2.75) is 48.7 Å². The molecule has 5 rings (SSSR count). The lowest BCUT2D eigenvalue weighted by molar-refractivity contribution is -0.149. The maximum atomic E-state index is 13.7. The van der Waals surface area contributed by atoms with Gasteiger partial charge in [0.25, 0.3) is 5.91 Å². The standard InChI is InChI=1S/C32H33Cl2F2N3O7S2/c1-38(2)31(41)21-4-3-5-22(12-21)48(42,43)39-10-11-47-29(39)15-30(40)45-27(14-23-24(33)16-37-17-25(23)34)20-8-9-26(46-32(35)36)28(13-20)44-18-19-6-7-19/h3-5,8-9,12-13,16-17,19,27,29,32H,6-7,10-11,14-15,18H2,1-2H3/t27-,29?/m0/s1. The Morgan fingerprint density at radius 2 is 1.81 bits per heavy atom. The number of thioether (sulfide) groups is 1. The first-order valence-electron chi connectivity index (χ1n) is 15.0. The molecule has 0 radical (unpaired) electrons. The maximum Gasteiger partial charge on any atom is 0.387 e. The second kappa shape index (κ2) is 15.6. The van der Waals surface area contributed by atoms with Gasteiger partial charge >= 0.3 is 12.6 Å². The average Bonchev–Trinajstić information content (AvgIpc) is 3.76. The second-order valence-corrected chi connectivity index (χ2v) is 15.5. The van der Waals surface area contributed by atoms with Crippen molar-refractivity contribution in [1.82, 2.24) is 14.2 Å². The highest BCUT2D eigenvalue weighted by atomic mass is 35.5. The largest absolute Gasteiger partial charge is 0.489 e. The molecule has 1 aliphatic carbocycles. The van der Waals surface area contributed by atoms with Gasteiger partial charge in [-0.1, -0.05) is 35.3 Å². The molecule has 1 saturated heterocycles. The predicted octanol–water partition coefficient (Wildman–Crippen LogP) is 6.46. The van der Waals surface area contributed by atoms with Crippen molar-refractivity contribution in [3.63, 3.8) is 0 Å². The number of hydrogen-bond donors (Lipinski definition) is 0. The van der Waals surface area contributed by atoms with Gasteiger partial charge in [0.05, 0.1) is 33.3 Å². The lowest BCUT2D eigenvalue weighted by atomic mass is 10.0. The van der Waals surface area contributed by atoms with Crippen molar-refractivity contribution in [1.29, 1.82) is 0 Å². The van der Waals surface area contributed by atoms with Crippen LogP contribution in [-0.4, -0.2) is 79.5 Å². The normalized spacial score (nSPS) is 17.3. The molecule has 1 aliphatic heterocycles. The van der Waals surface area contributed by atoms with Gasteiger partial charge < -0.3 is 19.1 Å². The van der Waals surface area contributed by atoms with Crippen LogP contribution in [0.2, 0.25) is 10.0 Å². The molecule has 258 valence electrons. The van der Waals surface area contributed by atoms with Crippen LogP contribution in [0.4, 0.5) is 8.78 Å².